The predicted molar refractivity (Wildman–Crippen MR) is 134 cm³/mol. The van der Waals surface area contributed by atoms with Gasteiger partial charge >= 0.3 is 0 Å². The van der Waals surface area contributed by atoms with E-state index in [1.54, 1.807) is 0 Å². The third-order valence-electron chi connectivity index (χ3n) is 9.21. The average Bonchev–Trinajstić information content (AvgIpc) is 2.70. The minimum absolute atomic E-state index is 0.00362. The molecule has 2 aliphatic heterocycles. The van der Waals surface area contributed by atoms with Gasteiger partial charge in [0.25, 0.3) is 0 Å². The number of hydrogen-bond acceptors (Lipinski definition) is 6. The van der Waals surface area contributed by atoms with E-state index in [0.29, 0.717) is 0 Å². The van der Waals surface area contributed by atoms with E-state index >= 15 is 0 Å². The number of fused-ring (bicyclic) bond motifs is 1. The molecule has 32 heavy (non-hydrogen) atoms. The Bertz CT molecular complexity index is 903. The highest BCUT2D eigenvalue weighted by Gasteiger charge is 2.46. The molecule has 1 aromatic carbocycles. The van der Waals surface area contributed by atoms with Crippen LogP contribution in [0.5, 0.6) is 0 Å². The summed E-state index contributed by atoms with van der Waals surface area (Å²) >= 11 is 0. The van der Waals surface area contributed by atoms with Gasteiger partial charge in [-0.1, -0.05) is 39.8 Å². The number of hydrazine groups is 2. The minimum atomic E-state index is -0.00362. The van der Waals surface area contributed by atoms with Crippen LogP contribution in [0.1, 0.15) is 81.1 Å². The standard InChI is InChI=1S/C26H42N6/c1-23(2)14-10-16-31(25(23,5)6)29-20-13-9-12-19-18-27-28-22(21(19)20)30-32-17-11-15-24(3,4)26(32,7)8/h9,12-13,18,29H,10-11,14-17H2,1-8H3,(H,28,30). The monoisotopic (exact) mass is 438 g/mol. The highest BCUT2D eigenvalue weighted by Crippen LogP contribution is 2.45. The van der Waals surface area contributed by atoms with Gasteiger partial charge < -0.3 is 10.9 Å². The van der Waals surface area contributed by atoms with E-state index in [4.69, 9.17) is 0 Å². The first-order chi connectivity index (χ1) is 14.9. The lowest BCUT2D eigenvalue weighted by atomic mass is 9.68. The maximum Gasteiger partial charge on any atom is 0.173 e. The van der Waals surface area contributed by atoms with Gasteiger partial charge in [-0.15, -0.1) is 5.10 Å². The Hall–Kier alpha value is -1.92. The zero-order valence-corrected chi connectivity index (χ0v) is 21.3. The van der Waals surface area contributed by atoms with Gasteiger partial charge in [-0.2, -0.15) is 5.10 Å². The van der Waals surface area contributed by atoms with E-state index in [1.807, 2.05) is 6.20 Å². The Labute approximate surface area is 194 Å². The second-order valence-corrected chi connectivity index (χ2v) is 12.1. The van der Waals surface area contributed by atoms with Crippen LogP contribution in [0.3, 0.4) is 0 Å². The van der Waals surface area contributed by atoms with Crippen LogP contribution in [0.15, 0.2) is 24.4 Å². The number of anilines is 2. The summed E-state index contributed by atoms with van der Waals surface area (Å²) in [5, 5.41) is 15.9. The van der Waals surface area contributed by atoms with Crippen molar-refractivity contribution in [1.29, 1.82) is 0 Å². The van der Waals surface area contributed by atoms with Crippen molar-refractivity contribution >= 4 is 22.3 Å². The lowest BCUT2D eigenvalue weighted by Gasteiger charge is -2.53. The number of nitrogens with one attached hydrogen (secondary N) is 2. The predicted octanol–water partition coefficient (Wildman–Crippen LogP) is 6.08. The van der Waals surface area contributed by atoms with E-state index < -0.39 is 0 Å². The van der Waals surface area contributed by atoms with Crippen LogP contribution in [0.4, 0.5) is 11.5 Å². The molecule has 4 rings (SSSR count). The van der Waals surface area contributed by atoms with Crippen molar-refractivity contribution in [2.24, 2.45) is 10.8 Å². The summed E-state index contributed by atoms with van der Waals surface area (Å²) in [6.07, 6.45) is 6.69. The van der Waals surface area contributed by atoms with Gasteiger partial charge in [0.2, 0.25) is 0 Å². The van der Waals surface area contributed by atoms with Crippen LogP contribution >= 0.6 is 0 Å². The van der Waals surface area contributed by atoms with E-state index in [1.165, 1.54) is 25.7 Å². The molecule has 0 radical (unpaired) electrons. The quantitative estimate of drug-likeness (QED) is 0.603. The van der Waals surface area contributed by atoms with Crippen LogP contribution in [-0.4, -0.2) is 44.4 Å². The normalized spacial score (nSPS) is 24.9. The Morgan fingerprint density at radius 1 is 0.781 bits per heavy atom. The van der Waals surface area contributed by atoms with E-state index in [0.717, 1.165) is 35.4 Å². The van der Waals surface area contributed by atoms with Gasteiger partial charge in [0.1, 0.15) is 0 Å². The molecular formula is C26H42N6. The largest absolute Gasteiger partial charge is 0.318 e. The van der Waals surface area contributed by atoms with Crippen molar-refractivity contribution in [2.45, 2.75) is 92.2 Å². The Balaban J connectivity index is 1.71. The molecule has 2 aliphatic rings. The molecule has 0 amide bonds. The second-order valence-electron chi connectivity index (χ2n) is 12.1. The molecule has 0 atom stereocenters. The smallest absolute Gasteiger partial charge is 0.173 e. The van der Waals surface area contributed by atoms with E-state index in [-0.39, 0.29) is 21.9 Å². The highest BCUT2D eigenvalue weighted by molar-refractivity contribution is 6.00. The molecule has 2 fully saturated rings. The molecule has 2 saturated heterocycles. The average molecular weight is 439 g/mol. The minimum Gasteiger partial charge on any atom is -0.318 e. The maximum absolute atomic E-state index is 4.57. The van der Waals surface area contributed by atoms with Crippen LogP contribution < -0.4 is 10.9 Å². The number of hydrogen-bond donors (Lipinski definition) is 2. The highest BCUT2D eigenvalue weighted by atomic mass is 15.6. The molecule has 0 bridgehead atoms. The van der Waals surface area contributed by atoms with Crippen molar-refractivity contribution in [3.05, 3.63) is 24.4 Å². The summed E-state index contributed by atoms with van der Waals surface area (Å²) < 4.78 is 0. The van der Waals surface area contributed by atoms with Crippen molar-refractivity contribution < 1.29 is 0 Å². The lowest BCUT2D eigenvalue weighted by molar-refractivity contribution is -0.0134. The Morgan fingerprint density at radius 3 is 1.94 bits per heavy atom. The molecule has 0 unspecified atom stereocenters. The fourth-order valence-electron chi connectivity index (χ4n) is 5.24. The maximum atomic E-state index is 4.57. The van der Waals surface area contributed by atoms with Crippen molar-refractivity contribution in [1.82, 2.24) is 20.2 Å². The van der Waals surface area contributed by atoms with Crippen LogP contribution in [0.25, 0.3) is 10.8 Å². The first-order valence-electron chi connectivity index (χ1n) is 12.2. The van der Waals surface area contributed by atoms with Gasteiger partial charge in [0.05, 0.1) is 17.3 Å². The first kappa shape index (κ1) is 23.2. The van der Waals surface area contributed by atoms with Gasteiger partial charge in [0.15, 0.2) is 5.82 Å². The Morgan fingerprint density at radius 2 is 1.34 bits per heavy atom. The van der Waals surface area contributed by atoms with Crippen LogP contribution in [-0.2, 0) is 0 Å². The molecule has 0 saturated carbocycles. The van der Waals surface area contributed by atoms with Crippen LogP contribution in [0, 0.1) is 10.8 Å². The summed E-state index contributed by atoms with van der Waals surface area (Å²) in [5.74, 6) is 0.824. The molecule has 2 N–H and O–H groups in total. The summed E-state index contributed by atoms with van der Waals surface area (Å²) in [6, 6.07) is 6.39. The van der Waals surface area contributed by atoms with Gasteiger partial charge in [-0.25, -0.2) is 10.0 Å². The first-order valence-corrected chi connectivity index (χ1v) is 12.2. The molecular weight excluding hydrogens is 396 g/mol. The zero-order valence-electron chi connectivity index (χ0n) is 21.3. The molecule has 0 spiro atoms. The van der Waals surface area contributed by atoms with Crippen molar-refractivity contribution in [3.8, 4) is 0 Å². The number of rotatable bonds is 4. The molecule has 6 nitrogen and oxygen atoms in total. The number of piperidine rings is 2. The van der Waals surface area contributed by atoms with Gasteiger partial charge in [0, 0.05) is 29.6 Å². The molecule has 1 aromatic heterocycles. The third-order valence-corrected chi connectivity index (χ3v) is 9.21. The Kier molecular flexibility index (Phi) is 5.70. The number of aromatic nitrogens is 2. The summed E-state index contributed by atoms with van der Waals surface area (Å²) in [7, 11) is 0. The summed E-state index contributed by atoms with van der Waals surface area (Å²) in [4.78, 5) is 0. The number of nitrogens with zero attached hydrogens (tertiary/aromatic N) is 4. The molecule has 0 aliphatic carbocycles. The fourth-order valence-corrected chi connectivity index (χ4v) is 5.24. The van der Waals surface area contributed by atoms with Crippen molar-refractivity contribution in [2.75, 3.05) is 23.9 Å². The third kappa shape index (κ3) is 3.75. The van der Waals surface area contributed by atoms with E-state index in [2.05, 4.69) is 105 Å². The lowest BCUT2D eigenvalue weighted by Crippen LogP contribution is -2.60. The molecule has 176 valence electrons. The van der Waals surface area contributed by atoms with Gasteiger partial charge in [-0.05, 0) is 70.3 Å². The summed E-state index contributed by atoms with van der Waals surface area (Å²) in [5.41, 5.74) is 9.02. The molecule has 3 heterocycles. The SMILES string of the molecule is CC1(C)CCCN(Nc2cccc3cnnc(NN4CCCC(C)(C)C4(C)C)c23)C1(C)C. The fraction of sp³-hybridized carbons (Fsp3) is 0.692. The number of benzene rings is 1. The zero-order chi connectivity index (χ0) is 23.4. The summed E-state index contributed by atoms with van der Waals surface area (Å²) in [6.45, 7) is 20.9. The molecule has 6 heteroatoms. The molecule has 2 aromatic rings. The van der Waals surface area contributed by atoms with Crippen molar-refractivity contribution in [3.63, 3.8) is 0 Å². The van der Waals surface area contributed by atoms with Crippen LogP contribution in [0.2, 0.25) is 0 Å². The topological polar surface area (TPSA) is 56.3 Å². The van der Waals surface area contributed by atoms with E-state index in [9.17, 15) is 0 Å². The second kappa shape index (κ2) is 7.84. The van der Waals surface area contributed by atoms with Gasteiger partial charge in [-0.3, -0.25) is 0 Å².